The molecule has 422 valence electrons. The number of aliphatic hydroxyl groups is 7. The number of esters is 1. The van der Waals surface area contributed by atoms with Gasteiger partial charge in [0.05, 0.1) is 26.4 Å². The van der Waals surface area contributed by atoms with Crippen LogP contribution in [0.25, 0.3) is 0 Å². The zero-order valence-corrected chi connectivity index (χ0v) is 45.0. The normalized spacial score (nSPS) is 25.8. The molecule has 11 unspecified atom stereocenters. The van der Waals surface area contributed by atoms with E-state index < -0.39 is 86.7 Å². The summed E-state index contributed by atoms with van der Waals surface area (Å²) in [6.45, 7) is 3.23. The summed E-state index contributed by atoms with van der Waals surface area (Å²) < 4.78 is 34.2. The molecule has 0 saturated carbocycles. The van der Waals surface area contributed by atoms with Gasteiger partial charge in [0.15, 0.2) is 12.6 Å². The van der Waals surface area contributed by atoms with E-state index in [0.29, 0.717) is 13.0 Å². The van der Waals surface area contributed by atoms with Gasteiger partial charge in [-0.15, -0.1) is 0 Å². The van der Waals surface area contributed by atoms with E-state index in [-0.39, 0.29) is 19.6 Å². The minimum absolute atomic E-state index is 0.00353. The highest BCUT2D eigenvalue weighted by Gasteiger charge is 2.47. The molecule has 0 aromatic heterocycles. The summed E-state index contributed by atoms with van der Waals surface area (Å²) >= 11 is 0. The third-order valence-electron chi connectivity index (χ3n) is 11.9. The van der Waals surface area contributed by atoms with E-state index in [0.717, 1.165) is 103 Å². The molecule has 2 saturated heterocycles. The predicted molar refractivity (Wildman–Crippen MR) is 297 cm³/mol. The van der Waals surface area contributed by atoms with Crippen LogP contribution in [0, 0.1) is 0 Å². The Morgan fingerprint density at radius 1 is 0.440 bits per heavy atom. The van der Waals surface area contributed by atoms with Gasteiger partial charge in [0.2, 0.25) is 0 Å². The molecule has 0 aromatic carbocycles. The van der Waals surface area contributed by atoms with Crippen LogP contribution in [-0.2, 0) is 33.2 Å². The van der Waals surface area contributed by atoms with E-state index in [1.165, 1.54) is 0 Å². The summed E-state index contributed by atoms with van der Waals surface area (Å²) in [6, 6.07) is 0. The number of carbonyl (C=O) groups excluding carboxylic acids is 1. The summed E-state index contributed by atoms with van der Waals surface area (Å²) in [5.41, 5.74) is 0. The lowest BCUT2D eigenvalue weighted by Crippen LogP contribution is -2.61. The molecule has 11 atom stereocenters. The number of carbonyl (C=O) groups is 1. The van der Waals surface area contributed by atoms with Gasteiger partial charge in [0.25, 0.3) is 0 Å². The first-order valence-electron chi connectivity index (χ1n) is 27.4. The standard InChI is InChI=1S/C61H94O14/c1-3-5-7-9-11-13-15-17-19-21-23-24-25-27-29-31-33-35-37-39-41-43-45-70-47-50(73-53(63)44-42-40-38-36-34-32-30-28-26-22-20-18-16-14-12-10-8-6-4-2)48-71-60-59(69)57(67)55(65)52(75-60)49-72-61-58(68)56(66)54(64)51(46-62)74-61/h5-8,11-14,17-20,23-24,26-29,32-35,38,40,50-52,54-62,64-69H,3-4,9-10,15-16,21-22,25,30-31,36-37,39,41-49H2,1-2H3/b7-5-,8-6-,13-11-,14-12-,19-17-,20-18-,24-23-,28-26-,29-27-,34-32-,35-33-,40-38-. The molecule has 0 spiro atoms. The van der Waals surface area contributed by atoms with Gasteiger partial charge < -0.3 is 64.2 Å². The molecule has 0 bridgehead atoms. The Labute approximate surface area is 449 Å². The first kappa shape index (κ1) is 67.0. The van der Waals surface area contributed by atoms with E-state index >= 15 is 0 Å². The number of hydrogen-bond donors (Lipinski definition) is 7. The van der Waals surface area contributed by atoms with Gasteiger partial charge >= 0.3 is 5.97 Å². The smallest absolute Gasteiger partial charge is 0.306 e. The Morgan fingerprint density at radius 2 is 0.827 bits per heavy atom. The van der Waals surface area contributed by atoms with Crippen LogP contribution < -0.4 is 0 Å². The molecule has 0 aliphatic carbocycles. The van der Waals surface area contributed by atoms with Gasteiger partial charge in [-0.05, 0) is 103 Å². The van der Waals surface area contributed by atoms with E-state index in [2.05, 4.69) is 148 Å². The van der Waals surface area contributed by atoms with Gasteiger partial charge in [0, 0.05) is 13.0 Å². The molecule has 2 aliphatic rings. The SMILES string of the molecule is CC/C=C\C/C=C\C/C=C\C/C=C\C/C=C\C/C=C\CCCCCOCC(COC1OC(COC2OC(CO)C(O)C(O)C2O)C(O)C(O)C1O)OC(=O)CC/C=C\C/C=C\C/C=C\C/C=C\C/C=C\C/C=C\CC. The van der Waals surface area contributed by atoms with Gasteiger partial charge in [-0.1, -0.05) is 166 Å². The van der Waals surface area contributed by atoms with Crippen molar-refractivity contribution < 1.29 is 69.0 Å². The van der Waals surface area contributed by atoms with Crippen molar-refractivity contribution in [3.8, 4) is 0 Å². The molecule has 2 fully saturated rings. The van der Waals surface area contributed by atoms with Crippen LogP contribution in [-0.4, -0.2) is 142 Å². The lowest BCUT2D eigenvalue weighted by atomic mass is 9.98. The third kappa shape index (κ3) is 32.9. The number of rotatable bonds is 41. The van der Waals surface area contributed by atoms with Crippen LogP contribution in [0.3, 0.4) is 0 Å². The zero-order valence-electron chi connectivity index (χ0n) is 45.0. The second kappa shape index (κ2) is 46.0. The van der Waals surface area contributed by atoms with Crippen LogP contribution in [0.1, 0.15) is 129 Å². The fourth-order valence-corrected chi connectivity index (χ4v) is 7.49. The first-order chi connectivity index (χ1) is 36.6. The molecule has 14 nitrogen and oxygen atoms in total. The highest BCUT2D eigenvalue weighted by Crippen LogP contribution is 2.26. The molecule has 2 rings (SSSR count). The zero-order chi connectivity index (χ0) is 54.4. The van der Waals surface area contributed by atoms with Gasteiger partial charge in [0.1, 0.15) is 54.9 Å². The van der Waals surface area contributed by atoms with Crippen LogP contribution >= 0.6 is 0 Å². The van der Waals surface area contributed by atoms with Crippen molar-refractivity contribution in [2.75, 3.05) is 33.0 Å². The molecular formula is C61H94O14. The predicted octanol–water partition coefficient (Wildman–Crippen LogP) is 9.29. The maximum atomic E-state index is 13.0. The average Bonchev–Trinajstić information content (AvgIpc) is 3.41. The van der Waals surface area contributed by atoms with Crippen molar-refractivity contribution in [2.24, 2.45) is 0 Å². The van der Waals surface area contributed by atoms with Crippen molar-refractivity contribution in [3.05, 3.63) is 146 Å². The Morgan fingerprint density at radius 3 is 1.27 bits per heavy atom. The first-order valence-corrected chi connectivity index (χ1v) is 27.4. The molecule has 7 N–H and O–H groups in total. The van der Waals surface area contributed by atoms with Crippen LogP contribution in [0.5, 0.6) is 0 Å². The topological polar surface area (TPSA) is 214 Å². The molecule has 0 aromatic rings. The maximum absolute atomic E-state index is 13.0. The highest BCUT2D eigenvalue weighted by atomic mass is 16.7. The summed E-state index contributed by atoms with van der Waals surface area (Å²) in [7, 11) is 0. The highest BCUT2D eigenvalue weighted by molar-refractivity contribution is 5.69. The van der Waals surface area contributed by atoms with Crippen molar-refractivity contribution >= 4 is 5.97 Å². The molecule has 0 radical (unpaired) electrons. The van der Waals surface area contributed by atoms with Gasteiger partial charge in [-0.3, -0.25) is 4.79 Å². The van der Waals surface area contributed by atoms with Crippen LogP contribution in [0.4, 0.5) is 0 Å². The third-order valence-corrected chi connectivity index (χ3v) is 11.9. The minimum atomic E-state index is -1.74. The molecule has 75 heavy (non-hydrogen) atoms. The Balaban J connectivity index is 1.81. The number of hydrogen-bond acceptors (Lipinski definition) is 14. The number of unbranched alkanes of at least 4 members (excludes halogenated alkanes) is 3. The lowest BCUT2D eigenvalue weighted by Gasteiger charge is -2.42. The summed E-state index contributed by atoms with van der Waals surface area (Å²) in [5.74, 6) is -0.477. The summed E-state index contributed by atoms with van der Waals surface area (Å²) in [6.07, 6.45) is 50.6. The summed E-state index contributed by atoms with van der Waals surface area (Å²) in [5, 5.41) is 72.3. The molecule has 2 aliphatic heterocycles. The van der Waals surface area contributed by atoms with Gasteiger partial charge in [-0.2, -0.15) is 0 Å². The molecule has 14 heteroatoms. The number of aliphatic hydroxyl groups excluding tert-OH is 7. The van der Waals surface area contributed by atoms with Crippen LogP contribution in [0.15, 0.2) is 146 Å². The number of allylic oxidation sites excluding steroid dienone is 24. The quantitative estimate of drug-likeness (QED) is 0.0173. The average molecular weight is 1050 g/mol. The molecular weight excluding hydrogens is 957 g/mol. The fourth-order valence-electron chi connectivity index (χ4n) is 7.49. The Bertz CT molecular complexity index is 1790. The Kier molecular flexibility index (Phi) is 41.1. The maximum Gasteiger partial charge on any atom is 0.306 e. The van der Waals surface area contributed by atoms with Crippen molar-refractivity contribution in [1.82, 2.24) is 0 Å². The molecule has 0 amide bonds. The molecule has 2 heterocycles. The fraction of sp³-hybridized carbons (Fsp3) is 0.590. The summed E-state index contributed by atoms with van der Waals surface area (Å²) in [4.78, 5) is 13.0. The van der Waals surface area contributed by atoms with Crippen molar-refractivity contribution in [1.29, 1.82) is 0 Å². The second-order valence-electron chi connectivity index (χ2n) is 18.3. The van der Waals surface area contributed by atoms with E-state index in [1.54, 1.807) is 0 Å². The monoisotopic (exact) mass is 1050 g/mol. The van der Waals surface area contributed by atoms with E-state index in [4.69, 9.17) is 28.4 Å². The van der Waals surface area contributed by atoms with Crippen molar-refractivity contribution in [2.45, 2.75) is 197 Å². The van der Waals surface area contributed by atoms with E-state index in [1.807, 2.05) is 12.2 Å². The lowest BCUT2D eigenvalue weighted by molar-refractivity contribution is -0.332. The number of ether oxygens (including phenoxy) is 6. The second-order valence-corrected chi connectivity index (χ2v) is 18.3. The van der Waals surface area contributed by atoms with Crippen LogP contribution in [0.2, 0.25) is 0 Å². The Hall–Kier alpha value is -4.13. The van der Waals surface area contributed by atoms with E-state index in [9.17, 15) is 40.5 Å². The largest absolute Gasteiger partial charge is 0.457 e. The van der Waals surface area contributed by atoms with Gasteiger partial charge in [-0.25, -0.2) is 0 Å². The van der Waals surface area contributed by atoms with Crippen molar-refractivity contribution in [3.63, 3.8) is 0 Å². The minimum Gasteiger partial charge on any atom is -0.457 e.